The summed E-state index contributed by atoms with van der Waals surface area (Å²) in [6.45, 7) is 8.93. The number of likely N-dealkylation sites (N-methyl/N-ethyl adjacent to an activating group) is 1. The van der Waals surface area contributed by atoms with E-state index in [0.29, 0.717) is 0 Å². The third kappa shape index (κ3) is 5.78. The number of hydrogen-bond acceptors (Lipinski definition) is 3. The summed E-state index contributed by atoms with van der Waals surface area (Å²) in [5.41, 5.74) is 4.92. The molecular formula is C23H31N3. The van der Waals surface area contributed by atoms with Crippen LogP contribution in [0.5, 0.6) is 0 Å². The third-order valence-electron chi connectivity index (χ3n) is 4.52. The first kappa shape index (κ1) is 19.8. The van der Waals surface area contributed by atoms with Gasteiger partial charge in [0.15, 0.2) is 0 Å². The van der Waals surface area contributed by atoms with Gasteiger partial charge in [0.05, 0.1) is 0 Å². The van der Waals surface area contributed by atoms with E-state index in [1.165, 1.54) is 22.5 Å². The van der Waals surface area contributed by atoms with Crippen LogP contribution in [0.25, 0.3) is 0 Å². The molecule has 3 nitrogen and oxygen atoms in total. The van der Waals surface area contributed by atoms with Gasteiger partial charge < -0.3 is 9.80 Å². The first-order valence-corrected chi connectivity index (χ1v) is 9.13. The van der Waals surface area contributed by atoms with Crippen molar-refractivity contribution in [3.05, 3.63) is 84.6 Å². The van der Waals surface area contributed by atoms with Crippen LogP contribution < -0.4 is 9.80 Å². The van der Waals surface area contributed by atoms with Gasteiger partial charge >= 0.3 is 0 Å². The largest absolute Gasteiger partial charge is 0.375 e. The smallest absolute Gasteiger partial charge is 0.0424 e. The van der Waals surface area contributed by atoms with E-state index in [-0.39, 0.29) is 0 Å². The van der Waals surface area contributed by atoms with Crippen molar-refractivity contribution in [2.45, 2.75) is 13.5 Å². The lowest BCUT2D eigenvalue weighted by atomic mass is 10.2. The molecule has 0 spiro atoms. The molecule has 2 aromatic rings. The van der Waals surface area contributed by atoms with Crippen LogP contribution >= 0.6 is 0 Å². The van der Waals surface area contributed by atoms with Crippen LogP contribution in [0.4, 0.5) is 11.4 Å². The van der Waals surface area contributed by atoms with E-state index in [1.54, 1.807) is 0 Å². The molecule has 0 aliphatic carbocycles. The molecule has 0 bridgehead atoms. The first-order valence-electron chi connectivity index (χ1n) is 9.13. The van der Waals surface area contributed by atoms with Gasteiger partial charge in [-0.15, -0.1) is 0 Å². The quantitative estimate of drug-likeness (QED) is 0.603. The van der Waals surface area contributed by atoms with Crippen molar-refractivity contribution in [3.8, 4) is 0 Å². The number of hydrogen-bond donors (Lipinski definition) is 0. The van der Waals surface area contributed by atoms with E-state index in [1.807, 2.05) is 6.08 Å². The van der Waals surface area contributed by atoms with Crippen LogP contribution in [0.3, 0.4) is 0 Å². The Balaban J connectivity index is 2.06. The number of nitrogens with zero attached hydrogens (tertiary/aromatic N) is 3. The maximum atomic E-state index is 4.00. The van der Waals surface area contributed by atoms with Crippen molar-refractivity contribution in [2.24, 2.45) is 0 Å². The normalized spacial score (nSPS) is 11.5. The molecule has 0 saturated carbocycles. The minimum atomic E-state index is 0.858. The molecule has 2 aromatic carbocycles. The Morgan fingerprint density at radius 1 is 0.962 bits per heavy atom. The average molecular weight is 350 g/mol. The molecular weight excluding hydrogens is 318 g/mol. The summed E-state index contributed by atoms with van der Waals surface area (Å²) in [5.74, 6) is 0. The molecule has 3 heteroatoms. The van der Waals surface area contributed by atoms with Crippen molar-refractivity contribution in [2.75, 3.05) is 44.0 Å². The standard InChI is InChI=1S/C23H31N3/c1-6-20(17-24(3)18-21-12-9-8-10-13-21)19-26(5)23-15-11-14-22(16-23)25(4)7-2/h6,8-16,19H,1,7,17-18H2,2-5H3/b20-19+. The monoisotopic (exact) mass is 349 g/mol. The Morgan fingerprint density at radius 3 is 2.31 bits per heavy atom. The van der Waals surface area contributed by atoms with Gasteiger partial charge in [0.2, 0.25) is 0 Å². The molecule has 0 aromatic heterocycles. The van der Waals surface area contributed by atoms with Crippen LogP contribution in [0.15, 0.2) is 79.0 Å². The van der Waals surface area contributed by atoms with Gasteiger partial charge in [-0.1, -0.05) is 49.1 Å². The molecule has 0 saturated heterocycles. The van der Waals surface area contributed by atoms with Crippen molar-refractivity contribution in [1.82, 2.24) is 4.90 Å². The molecule has 0 unspecified atom stereocenters. The average Bonchev–Trinajstić information content (AvgIpc) is 2.67. The van der Waals surface area contributed by atoms with Gasteiger partial charge in [-0.2, -0.15) is 0 Å². The Hall–Kier alpha value is -2.52. The molecule has 0 atom stereocenters. The predicted octanol–water partition coefficient (Wildman–Crippen LogP) is 4.78. The zero-order valence-corrected chi connectivity index (χ0v) is 16.5. The van der Waals surface area contributed by atoms with Crippen molar-refractivity contribution < 1.29 is 0 Å². The van der Waals surface area contributed by atoms with Crippen LogP contribution in [0.2, 0.25) is 0 Å². The fraction of sp³-hybridized carbons (Fsp3) is 0.304. The SMILES string of the molecule is C=C/C(=C\N(C)c1cccc(N(C)CC)c1)CN(C)Cc1ccccc1. The summed E-state index contributed by atoms with van der Waals surface area (Å²) in [7, 11) is 6.34. The van der Waals surface area contributed by atoms with Gasteiger partial charge in [-0.05, 0) is 43.3 Å². The van der Waals surface area contributed by atoms with Crippen molar-refractivity contribution in [1.29, 1.82) is 0 Å². The van der Waals surface area contributed by atoms with E-state index in [0.717, 1.165) is 19.6 Å². The van der Waals surface area contributed by atoms with Crippen LogP contribution in [0, 0.1) is 0 Å². The summed E-state index contributed by atoms with van der Waals surface area (Å²) in [5, 5.41) is 0. The van der Waals surface area contributed by atoms with Gasteiger partial charge in [0.25, 0.3) is 0 Å². The van der Waals surface area contributed by atoms with Gasteiger partial charge in [0, 0.05) is 51.3 Å². The Kier molecular flexibility index (Phi) is 7.49. The second-order valence-electron chi connectivity index (χ2n) is 6.71. The predicted molar refractivity (Wildman–Crippen MR) is 115 cm³/mol. The second kappa shape index (κ2) is 9.83. The first-order chi connectivity index (χ1) is 12.5. The summed E-state index contributed by atoms with van der Waals surface area (Å²) < 4.78 is 0. The number of anilines is 2. The summed E-state index contributed by atoms with van der Waals surface area (Å²) in [4.78, 5) is 6.71. The number of rotatable bonds is 9. The van der Waals surface area contributed by atoms with Gasteiger partial charge in [-0.3, -0.25) is 4.90 Å². The van der Waals surface area contributed by atoms with E-state index in [4.69, 9.17) is 0 Å². The number of benzene rings is 2. The highest BCUT2D eigenvalue weighted by Crippen LogP contribution is 2.22. The second-order valence-corrected chi connectivity index (χ2v) is 6.71. The summed E-state index contributed by atoms with van der Waals surface area (Å²) in [6.07, 6.45) is 4.11. The molecule has 0 aliphatic rings. The molecule has 0 N–H and O–H groups in total. The van der Waals surface area contributed by atoms with E-state index >= 15 is 0 Å². The van der Waals surface area contributed by atoms with Crippen LogP contribution in [0.1, 0.15) is 12.5 Å². The van der Waals surface area contributed by atoms with E-state index in [2.05, 4.69) is 110 Å². The minimum absolute atomic E-state index is 0.858. The van der Waals surface area contributed by atoms with Crippen LogP contribution in [-0.4, -0.2) is 39.1 Å². The molecule has 0 heterocycles. The zero-order valence-electron chi connectivity index (χ0n) is 16.5. The van der Waals surface area contributed by atoms with Crippen LogP contribution in [-0.2, 0) is 6.54 Å². The maximum absolute atomic E-state index is 4.00. The summed E-state index contributed by atoms with van der Waals surface area (Å²) in [6, 6.07) is 19.2. The molecule has 26 heavy (non-hydrogen) atoms. The molecule has 138 valence electrons. The molecule has 0 amide bonds. The molecule has 0 fully saturated rings. The molecule has 0 radical (unpaired) electrons. The van der Waals surface area contributed by atoms with Gasteiger partial charge in [0.1, 0.15) is 0 Å². The fourth-order valence-corrected chi connectivity index (χ4v) is 2.88. The summed E-state index contributed by atoms with van der Waals surface area (Å²) >= 11 is 0. The van der Waals surface area contributed by atoms with Crippen molar-refractivity contribution >= 4 is 11.4 Å². The van der Waals surface area contributed by atoms with E-state index in [9.17, 15) is 0 Å². The Labute approximate surface area is 158 Å². The highest BCUT2D eigenvalue weighted by molar-refractivity contribution is 5.60. The Morgan fingerprint density at radius 2 is 1.65 bits per heavy atom. The minimum Gasteiger partial charge on any atom is -0.375 e. The molecule has 0 aliphatic heterocycles. The highest BCUT2D eigenvalue weighted by atomic mass is 15.1. The van der Waals surface area contributed by atoms with Crippen molar-refractivity contribution in [3.63, 3.8) is 0 Å². The molecule has 2 rings (SSSR count). The lowest BCUT2D eigenvalue weighted by Crippen LogP contribution is -2.22. The highest BCUT2D eigenvalue weighted by Gasteiger charge is 2.06. The Bertz CT molecular complexity index is 721. The zero-order chi connectivity index (χ0) is 18.9. The third-order valence-corrected chi connectivity index (χ3v) is 4.52. The van der Waals surface area contributed by atoms with E-state index < -0.39 is 0 Å². The fourth-order valence-electron chi connectivity index (χ4n) is 2.88. The van der Waals surface area contributed by atoms with Gasteiger partial charge in [-0.25, -0.2) is 0 Å². The topological polar surface area (TPSA) is 9.72 Å². The maximum Gasteiger partial charge on any atom is 0.0424 e. The lowest BCUT2D eigenvalue weighted by Gasteiger charge is -2.22. The lowest BCUT2D eigenvalue weighted by molar-refractivity contribution is 0.357.